The molecule has 0 aliphatic rings. The number of halogens is 1. The molecular formula is C27H32FN3O3. The van der Waals surface area contributed by atoms with Crippen molar-refractivity contribution < 1.29 is 19.4 Å². The van der Waals surface area contributed by atoms with Crippen molar-refractivity contribution in [3.05, 3.63) is 101 Å². The molecule has 3 aromatic rings. The van der Waals surface area contributed by atoms with Crippen molar-refractivity contribution in [2.75, 3.05) is 20.1 Å². The molecule has 0 radical (unpaired) electrons. The van der Waals surface area contributed by atoms with E-state index >= 15 is 0 Å². The summed E-state index contributed by atoms with van der Waals surface area (Å²) < 4.78 is 13.3. The van der Waals surface area contributed by atoms with E-state index in [0.29, 0.717) is 31.5 Å². The first-order valence-corrected chi connectivity index (χ1v) is 11.4. The Balaban J connectivity index is 1.55. The summed E-state index contributed by atoms with van der Waals surface area (Å²) in [7, 11) is 2.03. The summed E-state index contributed by atoms with van der Waals surface area (Å²) >= 11 is 0. The van der Waals surface area contributed by atoms with Crippen LogP contribution in [-0.2, 0) is 26.0 Å². The standard InChI is InChI=1S/C27H32FN3O3/c1-31(18-21-5-3-2-4-6-21)25(15-20-7-11-26(33)12-8-20)17-30-27(34)29-14-13-22-9-10-24(28)16-23(22)19-32/h2-12,16,25,32-33H,13-15,17-19H2,1H3,(H2,29,30,34)/t25-/m0/s1. The van der Waals surface area contributed by atoms with Crippen molar-refractivity contribution in [2.24, 2.45) is 0 Å². The molecule has 7 heteroatoms. The zero-order valence-electron chi connectivity index (χ0n) is 19.4. The lowest BCUT2D eigenvalue weighted by Crippen LogP contribution is -2.46. The molecule has 0 heterocycles. The van der Waals surface area contributed by atoms with Crippen LogP contribution in [0.2, 0.25) is 0 Å². The summed E-state index contributed by atoms with van der Waals surface area (Å²) in [6.45, 7) is 1.30. The van der Waals surface area contributed by atoms with Crippen LogP contribution in [0.4, 0.5) is 9.18 Å². The van der Waals surface area contributed by atoms with Crippen molar-refractivity contribution >= 4 is 6.03 Å². The van der Waals surface area contributed by atoms with Gasteiger partial charge in [0.25, 0.3) is 0 Å². The van der Waals surface area contributed by atoms with Gasteiger partial charge in [0.1, 0.15) is 11.6 Å². The van der Waals surface area contributed by atoms with E-state index < -0.39 is 5.82 Å². The fraction of sp³-hybridized carbons (Fsp3) is 0.296. The number of phenols is 1. The molecule has 6 nitrogen and oxygen atoms in total. The van der Waals surface area contributed by atoms with Crippen LogP contribution in [0.5, 0.6) is 5.75 Å². The van der Waals surface area contributed by atoms with Gasteiger partial charge in [-0.2, -0.15) is 0 Å². The third-order valence-electron chi connectivity index (χ3n) is 5.82. The first-order chi connectivity index (χ1) is 16.4. The smallest absolute Gasteiger partial charge is 0.314 e. The predicted molar refractivity (Wildman–Crippen MR) is 131 cm³/mol. The third-order valence-corrected chi connectivity index (χ3v) is 5.82. The van der Waals surface area contributed by atoms with Crippen LogP contribution in [0.15, 0.2) is 72.8 Å². The average molecular weight is 466 g/mol. The molecule has 34 heavy (non-hydrogen) atoms. The second-order valence-corrected chi connectivity index (χ2v) is 8.38. The van der Waals surface area contributed by atoms with Gasteiger partial charge < -0.3 is 20.8 Å². The zero-order chi connectivity index (χ0) is 24.3. The molecule has 0 aromatic heterocycles. The first-order valence-electron chi connectivity index (χ1n) is 11.4. The second kappa shape index (κ2) is 12.7. The highest BCUT2D eigenvalue weighted by Crippen LogP contribution is 2.15. The van der Waals surface area contributed by atoms with Crippen LogP contribution in [0, 0.1) is 5.82 Å². The number of hydrogen-bond donors (Lipinski definition) is 4. The number of aliphatic hydroxyl groups is 1. The number of hydrogen-bond acceptors (Lipinski definition) is 4. The number of nitrogens with zero attached hydrogens (tertiary/aromatic N) is 1. The summed E-state index contributed by atoms with van der Waals surface area (Å²) in [5, 5.41) is 24.8. The van der Waals surface area contributed by atoms with Gasteiger partial charge in [-0.15, -0.1) is 0 Å². The van der Waals surface area contributed by atoms with Crippen molar-refractivity contribution in [3.63, 3.8) is 0 Å². The Bertz CT molecular complexity index is 1040. The Labute approximate surface area is 200 Å². The van der Waals surface area contributed by atoms with Gasteiger partial charge in [0, 0.05) is 25.7 Å². The number of nitrogens with one attached hydrogen (secondary N) is 2. The zero-order valence-corrected chi connectivity index (χ0v) is 19.4. The number of carbonyl (C=O) groups excluding carboxylic acids is 1. The minimum absolute atomic E-state index is 0.0357. The van der Waals surface area contributed by atoms with Gasteiger partial charge in [-0.25, -0.2) is 9.18 Å². The molecular weight excluding hydrogens is 433 g/mol. The van der Waals surface area contributed by atoms with E-state index in [9.17, 15) is 19.4 Å². The Hall–Kier alpha value is -3.42. The normalized spacial score (nSPS) is 11.9. The number of rotatable bonds is 11. The fourth-order valence-corrected chi connectivity index (χ4v) is 3.86. The van der Waals surface area contributed by atoms with E-state index in [4.69, 9.17) is 0 Å². The molecule has 0 saturated heterocycles. The van der Waals surface area contributed by atoms with Crippen molar-refractivity contribution in [1.29, 1.82) is 0 Å². The lowest BCUT2D eigenvalue weighted by molar-refractivity contribution is 0.214. The number of aliphatic hydroxyl groups excluding tert-OH is 1. The predicted octanol–water partition coefficient (Wildman–Crippen LogP) is 3.61. The SMILES string of the molecule is CN(Cc1ccccc1)[C@H](CNC(=O)NCCc1ccc(F)cc1CO)Cc1ccc(O)cc1. The molecule has 180 valence electrons. The van der Waals surface area contributed by atoms with Crippen LogP contribution in [0.25, 0.3) is 0 Å². The van der Waals surface area contributed by atoms with Crippen LogP contribution in [-0.4, -0.2) is 47.3 Å². The van der Waals surface area contributed by atoms with Crippen molar-refractivity contribution in [1.82, 2.24) is 15.5 Å². The van der Waals surface area contributed by atoms with E-state index in [1.807, 2.05) is 37.4 Å². The van der Waals surface area contributed by atoms with E-state index in [1.54, 1.807) is 18.2 Å². The topological polar surface area (TPSA) is 84.8 Å². The molecule has 0 aliphatic heterocycles. The number of amides is 2. The average Bonchev–Trinajstić information content (AvgIpc) is 2.84. The van der Waals surface area contributed by atoms with Crippen LogP contribution >= 0.6 is 0 Å². The fourth-order valence-electron chi connectivity index (χ4n) is 3.86. The summed E-state index contributed by atoms with van der Waals surface area (Å²) in [5.74, 6) is -0.168. The molecule has 4 N–H and O–H groups in total. The monoisotopic (exact) mass is 465 g/mol. The van der Waals surface area contributed by atoms with E-state index in [1.165, 1.54) is 17.7 Å². The lowest BCUT2D eigenvalue weighted by atomic mass is 10.0. The quantitative estimate of drug-likeness (QED) is 0.349. The maximum Gasteiger partial charge on any atom is 0.314 e. The summed E-state index contributed by atoms with van der Waals surface area (Å²) in [5.41, 5.74) is 3.58. The van der Waals surface area contributed by atoms with Gasteiger partial charge in [-0.3, -0.25) is 4.90 Å². The minimum Gasteiger partial charge on any atom is -0.508 e. The van der Waals surface area contributed by atoms with Gasteiger partial charge in [-0.05, 0) is 66.4 Å². The van der Waals surface area contributed by atoms with Crippen molar-refractivity contribution in [2.45, 2.75) is 32.0 Å². The second-order valence-electron chi connectivity index (χ2n) is 8.38. The Morgan fingerprint density at radius 3 is 2.41 bits per heavy atom. The molecule has 0 fully saturated rings. The largest absolute Gasteiger partial charge is 0.508 e. The highest BCUT2D eigenvalue weighted by Gasteiger charge is 2.17. The maximum atomic E-state index is 13.3. The molecule has 3 rings (SSSR count). The number of likely N-dealkylation sites (N-methyl/N-ethyl adjacent to an activating group) is 1. The summed E-state index contributed by atoms with van der Waals surface area (Å²) in [6.07, 6.45) is 1.20. The molecule has 1 atom stereocenters. The highest BCUT2D eigenvalue weighted by atomic mass is 19.1. The number of phenolic OH excluding ortho intramolecular Hbond substituents is 1. The number of carbonyl (C=O) groups is 1. The lowest BCUT2D eigenvalue weighted by Gasteiger charge is -2.29. The molecule has 0 spiro atoms. The Kier molecular flexibility index (Phi) is 9.43. The van der Waals surface area contributed by atoms with Crippen molar-refractivity contribution in [3.8, 4) is 5.75 Å². The molecule has 0 saturated carbocycles. The van der Waals surface area contributed by atoms with Gasteiger partial charge >= 0.3 is 6.03 Å². The van der Waals surface area contributed by atoms with Gasteiger partial charge in [-0.1, -0.05) is 48.5 Å². The van der Waals surface area contributed by atoms with Gasteiger partial charge in [0.2, 0.25) is 0 Å². The van der Waals surface area contributed by atoms with E-state index in [0.717, 1.165) is 17.7 Å². The molecule has 0 bridgehead atoms. The maximum absolute atomic E-state index is 13.3. The number of benzene rings is 3. The highest BCUT2D eigenvalue weighted by molar-refractivity contribution is 5.73. The van der Waals surface area contributed by atoms with Crippen LogP contribution in [0.1, 0.15) is 22.3 Å². The third kappa shape index (κ3) is 7.86. The summed E-state index contributed by atoms with van der Waals surface area (Å²) in [6, 6.07) is 21.3. The molecule has 0 aliphatic carbocycles. The molecule has 3 aromatic carbocycles. The van der Waals surface area contributed by atoms with E-state index in [2.05, 4.69) is 27.7 Å². The summed E-state index contributed by atoms with van der Waals surface area (Å²) in [4.78, 5) is 14.6. The minimum atomic E-state index is -0.391. The Morgan fingerprint density at radius 1 is 0.971 bits per heavy atom. The number of aromatic hydroxyl groups is 1. The van der Waals surface area contributed by atoms with Crippen LogP contribution in [0.3, 0.4) is 0 Å². The van der Waals surface area contributed by atoms with Gasteiger partial charge in [0.15, 0.2) is 0 Å². The molecule has 2 amide bonds. The van der Waals surface area contributed by atoms with Gasteiger partial charge in [0.05, 0.1) is 6.61 Å². The number of urea groups is 1. The van der Waals surface area contributed by atoms with E-state index in [-0.39, 0.29) is 24.4 Å². The first kappa shape index (κ1) is 25.2. The van der Waals surface area contributed by atoms with Crippen LogP contribution < -0.4 is 10.6 Å². The molecule has 0 unspecified atom stereocenters. The Morgan fingerprint density at radius 2 is 1.71 bits per heavy atom.